The van der Waals surface area contributed by atoms with Gasteiger partial charge in [0.1, 0.15) is 18.1 Å². The highest BCUT2D eigenvalue weighted by molar-refractivity contribution is 7.80. The summed E-state index contributed by atoms with van der Waals surface area (Å²) < 4.78 is 11.2. The number of benzene rings is 3. The molecule has 1 aliphatic heterocycles. The molecule has 4 rings (SSSR count). The zero-order valence-corrected chi connectivity index (χ0v) is 20.2. The Kier molecular flexibility index (Phi) is 6.79. The molecule has 0 aliphatic carbocycles. The van der Waals surface area contributed by atoms with Crippen LogP contribution in [0.1, 0.15) is 22.3 Å². The molecule has 0 unspecified atom stereocenters. The molecule has 3 aromatic carbocycles. The minimum Gasteiger partial charge on any atom is -0.496 e. The van der Waals surface area contributed by atoms with Gasteiger partial charge in [0, 0.05) is 11.6 Å². The van der Waals surface area contributed by atoms with E-state index in [0.717, 1.165) is 11.1 Å². The minimum atomic E-state index is -0.472. The fraction of sp³-hybridized carbons (Fsp3) is 0.154. The summed E-state index contributed by atoms with van der Waals surface area (Å²) in [4.78, 5) is 25.5. The van der Waals surface area contributed by atoms with Crippen LogP contribution >= 0.6 is 12.2 Å². The number of ether oxygens (including phenoxy) is 2. The Hall–Kier alpha value is -4.24. The van der Waals surface area contributed by atoms with Crippen molar-refractivity contribution in [2.75, 3.05) is 12.0 Å². The Morgan fingerprint density at radius 2 is 1.80 bits per heavy atom. The molecule has 8 nitrogen and oxygen atoms in total. The van der Waals surface area contributed by atoms with Crippen molar-refractivity contribution >= 4 is 40.7 Å². The highest BCUT2D eigenvalue weighted by atomic mass is 32.1. The smallest absolute Gasteiger partial charge is 0.311 e. The van der Waals surface area contributed by atoms with Gasteiger partial charge in [-0.1, -0.05) is 24.3 Å². The number of anilines is 1. The van der Waals surface area contributed by atoms with Crippen LogP contribution in [0.25, 0.3) is 6.08 Å². The highest BCUT2D eigenvalue weighted by Gasteiger charge is 2.32. The molecular formula is C26H23N3O5S. The fourth-order valence-corrected chi connectivity index (χ4v) is 4.05. The molecule has 1 fully saturated rings. The van der Waals surface area contributed by atoms with Crippen molar-refractivity contribution in [3.63, 3.8) is 0 Å². The summed E-state index contributed by atoms with van der Waals surface area (Å²) in [5.41, 5.74) is 4.09. The third-order valence-corrected chi connectivity index (χ3v) is 5.73. The van der Waals surface area contributed by atoms with Crippen LogP contribution in [-0.2, 0) is 11.4 Å². The second-order valence-corrected chi connectivity index (χ2v) is 8.44. The van der Waals surface area contributed by atoms with Crippen molar-refractivity contribution in [1.29, 1.82) is 0 Å². The summed E-state index contributed by atoms with van der Waals surface area (Å²) >= 11 is 5.40. The quantitative estimate of drug-likeness (QED) is 0.215. The van der Waals surface area contributed by atoms with Crippen molar-refractivity contribution in [2.24, 2.45) is 0 Å². The minimum absolute atomic E-state index is 0.0410. The maximum atomic E-state index is 13.1. The second kappa shape index (κ2) is 9.94. The zero-order chi connectivity index (χ0) is 25.1. The van der Waals surface area contributed by atoms with Gasteiger partial charge in [-0.25, -0.2) is 0 Å². The molecule has 1 N–H and O–H groups in total. The number of hydrogen-bond donors (Lipinski definition) is 1. The van der Waals surface area contributed by atoms with Crippen LogP contribution < -0.4 is 19.7 Å². The maximum absolute atomic E-state index is 13.1. The number of nitrogens with one attached hydrogen (secondary N) is 1. The maximum Gasteiger partial charge on any atom is 0.311 e. The molecule has 0 radical (unpaired) electrons. The van der Waals surface area contributed by atoms with E-state index >= 15 is 0 Å². The first kappa shape index (κ1) is 23.9. The van der Waals surface area contributed by atoms with Gasteiger partial charge in [0.15, 0.2) is 10.9 Å². The zero-order valence-electron chi connectivity index (χ0n) is 19.4. The molecule has 0 bridgehead atoms. The predicted molar refractivity (Wildman–Crippen MR) is 138 cm³/mol. The fourth-order valence-electron chi connectivity index (χ4n) is 3.75. The standard InChI is InChI=1S/C26H23N3O5S/c1-16-5-4-6-20(11-16)28-25(30)21(27-26(28)35)14-18-8-10-23(33-3)19(13-18)15-34-24-9-7-17(2)12-22(24)29(31)32/h4-14H,15H2,1-3H3,(H,27,35)/b21-14+. The van der Waals surface area contributed by atoms with Crippen LogP contribution in [-0.4, -0.2) is 23.1 Å². The van der Waals surface area contributed by atoms with Gasteiger partial charge in [0.2, 0.25) is 0 Å². The van der Waals surface area contributed by atoms with Crippen LogP contribution in [0.3, 0.4) is 0 Å². The van der Waals surface area contributed by atoms with Crippen molar-refractivity contribution in [1.82, 2.24) is 5.32 Å². The number of carbonyl (C=O) groups excluding carboxylic acids is 1. The number of aryl methyl sites for hydroxylation is 2. The third kappa shape index (κ3) is 5.15. The largest absolute Gasteiger partial charge is 0.496 e. The highest BCUT2D eigenvalue weighted by Crippen LogP contribution is 2.30. The topological polar surface area (TPSA) is 93.9 Å². The first-order chi connectivity index (χ1) is 16.8. The predicted octanol–water partition coefficient (Wildman–Crippen LogP) is 5.06. The summed E-state index contributed by atoms with van der Waals surface area (Å²) in [6.07, 6.45) is 1.70. The lowest BCUT2D eigenvalue weighted by molar-refractivity contribution is -0.386. The van der Waals surface area contributed by atoms with Gasteiger partial charge in [-0.2, -0.15) is 0 Å². The molecule has 1 aliphatic rings. The van der Waals surface area contributed by atoms with E-state index in [9.17, 15) is 14.9 Å². The third-order valence-electron chi connectivity index (χ3n) is 5.45. The SMILES string of the molecule is COc1ccc(/C=C2/NC(=S)N(c3cccc(C)c3)C2=O)cc1COc1ccc(C)cc1[N+](=O)[O-]. The summed E-state index contributed by atoms with van der Waals surface area (Å²) in [5, 5.41) is 14.7. The number of hydrogen-bond acceptors (Lipinski definition) is 6. The summed E-state index contributed by atoms with van der Waals surface area (Å²) in [7, 11) is 1.53. The number of nitrogens with zero attached hydrogens (tertiary/aromatic N) is 2. The van der Waals surface area contributed by atoms with Crippen LogP contribution in [0.2, 0.25) is 0 Å². The van der Waals surface area contributed by atoms with E-state index in [2.05, 4.69) is 5.32 Å². The first-order valence-electron chi connectivity index (χ1n) is 10.8. The average Bonchev–Trinajstić information content (AvgIpc) is 3.10. The monoisotopic (exact) mass is 489 g/mol. The van der Waals surface area contributed by atoms with E-state index in [4.69, 9.17) is 21.7 Å². The Balaban J connectivity index is 1.59. The Labute approximate surface area is 207 Å². The summed E-state index contributed by atoms with van der Waals surface area (Å²) in [6.45, 7) is 3.77. The van der Waals surface area contributed by atoms with Gasteiger partial charge in [-0.3, -0.25) is 19.8 Å². The molecule has 3 aromatic rings. The Morgan fingerprint density at radius 3 is 2.51 bits per heavy atom. The number of nitro benzene ring substituents is 1. The van der Waals surface area contributed by atoms with Gasteiger partial charge in [-0.05, 0) is 79.2 Å². The summed E-state index contributed by atoms with van der Waals surface area (Å²) in [6, 6.07) is 17.7. The molecule has 0 saturated carbocycles. The number of amides is 1. The Bertz CT molecular complexity index is 1370. The summed E-state index contributed by atoms with van der Waals surface area (Å²) in [5.74, 6) is 0.465. The van der Waals surface area contributed by atoms with Crippen LogP contribution in [0.4, 0.5) is 11.4 Å². The van der Waals surface area contributed by atoms with Crippen LogP contribution in [0.5, 0.6) is 11.5 Å². The molecule has 0 aromatic heterocycles. The molecular weight excluding hydrogens is 466 g/mol. The van der Waals surface area contributed by atoms with Gasteiger partial charge in [0.05, 0.1) is 17.7 Å². The lowest BCUT2D eigenvalue weighted by Crippen LogP contribution is -2.30. The molecule has 1 amide bonds. The first-order valence-corrected chi connectivity index (χ1v) is 11.2. The van der Waals surface area contributed by atoms with E-state index in [-0.39, 0.29) is 24.0 Å². The molecule has 0 spiro atoms. The molecule has 9 heteroatoms. The molecule has 35 heavy (non-hydrogen) atoms. The number of nitro groups is 1. The average molecular weight is 490 g/mol. The number of methoxy groups -OCH3 is 1. The van der Waals surface area contributed by atoms with Crippen molar-refractivity contribution < 1.29 is 19.2 Å². The van der Waals surface area contributed by atoms with Crippen molar-refractivity contribution in [2.45, 2.75) is 20.5 Å². The number of rotatable bonds is 7. The van der Waals surface area contributed by atoms with E-state index in [1.54, 1.807) is 43.3 Å². The van der Waals surface area contributed by atoms with E-state index in [0.29, 0.717) is 33.4 Å². The van der Waals surface area contributed by atoms with E-state index < -0.39 is 4.92 Å². The van der Waals surface area contributed by atoms with Gasteiger partial charge < -0.3 is 14.8 Å². The Morgan fingerprint density at radius 1 is 1.06 bits per heavy atom. The lowest BCUT2D eigenvalue weighted by atomic mass is 10.1. The van der Waals surface area contributed by atoms with E-state index in [1.807, 2.05) is 31.2 Å². The normalized spacial score (nSPS) is 14.3. The molecule has 178 valence electrons. The van der Waals surface area contributed by atoms with Gasteiger partial charge in [-0.15, -0.1) is 0 Å². The second-order valence-electron chi connectivity index (χ2n) is 8.06. The van der Waals surface area contributed by atoms with Crippen LogP contribution in [0.15, 0.2) is 66.4 Å². The van der Waals surface area contributed by atoms with E-state index in [1.165, 1.54) is 18.1 Å². The number of carbonyl (C=O) groups is 1. The van der Waals surface area contributed by atoms with Crippen molar-refractivity contribution in [3.05, 3.63) is 98.7 Å². The van der Waals surface area contributed by atoms with Crippen LogP contribution in [0, 0.1) is 24.0 Å². The number of thiocarbonyl (C=S) groups is 1. The molecule has 1 saturated heterocycles. The lowest BCUT2D eigenvalue weighted by Gasteiger charge is -2.14. The molecule has 0 atom stereocenters. The van der Waals surface area contributed by atoms with Gasteiger partial charge in [0.25, 0.3) is 5.91 Å². The molecule has 1 heterocycles. The van der Waals surface area contributed by atoms with Gasteiger partial charge >= 0.3 is 5.69 Å². The van der Waals surface area contributed by atoms with Crippen molar-refractivity contribution in [3.8, 4) is 11.5 Å².